The van der Waals surface area contributed by atoms with E-state index in [0.717, 1.165) is 56.9 Å². The van der Waals surface area contributed by atoms with Crippen molar-refractivity contribution in [1.29, 1.82) is 0 Å². The Morgan fingerprint density at radius 1 is 0.935 bits per heavy atom. The van der Waals surface area contributed by atoms with Crippen LogP contribution >= 0.6 is 11.6 Å². The minimum Gasteiger partial charge on any atom is -0.383 e. The van der Waals surface area contributed by atoms with Crippen LogP contribution in [-0.2, 0) is 4.74 Å². The molecule has 0 aliphatic carbocycles. The molecule has 1 aromatic carbocycles. The lowest BCUT2D eigenvalue weighted by atomic mass is 9.98. The first-order chi connectivity index (χ1) is 15.2. The molecule has 0 radical (unpaired) electrons. The zero-order valence-corrected chi connectivity index (χ0v) is 20.1. The van der Waals surface area contributed by atoms with Crippen molar-refractivity contribution in [3.8, 4) is 0 Å². The highest BCUT2D eigenvalue weighted by Gasteiger charge is 2.30. The maximum absolute atomic E-state index is 6.40. The third-order valence-corrected chi connectivity index (χ3v) is 7.82. The van der Waals surface area contributed by atoms with Gasteiger partial charge in [-0.25, -0.2) is 0 Å². The molecule has 0 amide bonds. The molecular formula is C25H41ClN4O. The predicted octanol–water partition coefficient (Wildman–Crippen LogP) is 3.60. The molecule has 6 heteroatoms. The Kier molecular flexibility index (Phi) is 9.06. The van der Waals surface area contributed by atoms with E-state index in [0.29, 0.717) is 6.04 Å². The number of halogens is 1. The van der Waals surface area contributed by atoms with Crippen LogP contribution in [0.5, 0.6) is 0 Å². The van der Waals surface area contributed by atoms with E-state index in [1.54, 1.807) is 7.11 Å². The van der Waals surface area contributed by atoms with E-state index in [-0.39, 0.29) is 0 Å². The van der Waals surface area contributed by atoms with E-state index in [1.807, 2.05) is 6.07 Å². The number of rotatable bonds is 8. The number of piperidine rings is 2. The number of methoxy groups -OCH3 is 1. The summed E-state index contributed by atoms with van der Waals surface area (Å²) in [6.07, 6.45) is 6.87. The molecule has 0 aromatic heterocycles. The molecule has 1 aromatic rings. The number of hydrogen-bond donors (Lipinski definition) is 0. The van der Waals surface area contributed by atoms with E-state index < -0.39 is 0 Å². The van der Waals surface area contributed by atoms with Gasteiger partial charge >= 0.3 is 0 Å². The monoisotopic (exact) mass is 448 g/mol. The van der Waals surface area contributed by atoms with Crippen molar-refractivity contribution < 1.29 is 4.74 Å². The number of nitrogens with zero attached hydrogens (tertiary/aromatic N) is 4. The van der Waals surface area contributed by atoms with Crippen LogP contribution < -0.4 is 0 Å². The molecule has 5 nitrogen and oxygen atoms in total. The van der Waals surface area contributed by atoms with Crippen LogP contribution in [0.15, 0.2) is 24.3 Å². The van der Waals surface area contributed by atoms with Crippen LogP contribution in [0.25, 0.3) is 0 Å². The highest BCUT2D eigenvalue weighted by molar-refractivity contribution is 6.30. The smallest absolute Gasteiger partial charge is 0.0589 e. The third-order valence-electron chi connectivity index (χ3n) is 7.59. The zero-order valence-electron chi connectivity index (χ0n) is 19.4. The minimum absolute atomic E-state index is 0.426. The van der Waals surface area contributed by atoms with Crippen molar-refractivity contribution >= 4 is 11.6 Å². The van der Waals surface area contributed by atoms with Crippen LogP contribution in [0.2, 0.25) is 5.02 Å². The summed E-state index contributed by atoms with van der Waals surface area (Å²) in [7, 11) is 1.79. The fourth-order valence-corrected chi connectivity index (χ4v) is 5.86. The first kappa shape index (κ1) is 23.5. The van der Waals surface area contributed by atoms with E-state index >= 15 is 0 Å². The molecular weight excluding hydrogens is 408 g/mol. The Balaban J connectivity index is 1.35. The molecule has 3 aliphatic heterocycles. The molecule has 4 rings (SSSR count). The second-order valence-corrected chi connectivity index (χ2v) is 10.0. The van der Waals surface area contributed by atoms with Crippen LogP contribution in [0.3, 0.4) is 0 Å². The molecule has 3 heterocycles. The molecule has 3 fully saturated rings. The van der Waals surface area contributed by atoms with Gasteiger partial charge in [-0.05, 0) is 69.6 Å². The van der Waals surface area contributed by atoms with Crippen LogP contribution in [0, 0.1) is 0 Å². The number of benzene rings is 1. The van der Waals surface area contributed by atoms with Crippen molar-refractivity contribution in [2.75, 3.05) is 79.2 Å². The Labute approximate surface area is 194 Å². The molecule has 3 saturated heterocycles. The van der Waals surface area contributed by atoms with E-state index in [9.17, 15) is 0 Å². The standard InChI is InChI=1S/C25H41ClN4O/c1-31-19-18-27-14-16-30(17-15-27)25(22-6-5-7-23(26)20-22)21-28-12-8-24(9-13-28)29-10-3-2-4-11-29/h5-7,20,24-25H,2-4,8-19,21H2,1H3. The van der Waals surface area contributed by atoms with E-state index in [4.69, 9.17) is 16.3 Å². The van der Waals surface area contributed by atoms with Crippen molar-refractivity contribution in [2.45, 2.75) is 44.2 Å². The molecule has 3 aliphatic rings. The first-order valence-electron chi connectivity index (χ1n) is 12.4. The van der Waals surface area contributed by atoms with Gasteiger partial charge in [0.25, 0.3) is 0 Å². The summed E-state index contributed by atoms with van der Waals surface area (Å²) < 4.78 is 5.27. The molecule has 0 bridgehead atoms. The van der Waals surface area contributed by atoms with Gasteiger partial charge in [-0.15, -0.1) is 0 Å². The minimum atomic E-state index is 0.426. The number of likely N-dealkylation sites (tertiary alicyclic amines) is 2. The molecule has 0 saturated carbocycles. The summed E-state index contributed by atoms with van der Waals surface area (Å²) in [5.41, 5.74) is 1.37. The first-order valence-corrected chi connectivity index (χ1v) is 12.8. The lowest BCUT2D eigenvalue weighted by Crippen LogP contribution is -2.52. The van der Waals surface area contributed by atoms with Crippen molar-refractivity contribution in [3.63, 3.8) is 0 Å². The summed E-state index contributed by atoms with van der Waals surface area (Å²) in [5, 5.41) is 0.852. The molecule has 0 N–H and O–H groups in total. The Morgan fingerprint density at radius 2 is 1.68 bits per heavy atom. The third kappa shape index (κ3) is 6.66. The summed E-state index contributed by atoms with van der Waals surface area (Å²) in [4.78, 5) is 10.7. The van der Waals surface area contributed by atoms with Crippen molar-refractivity contribution in [3.05, 3.63) is 34.9 Å². The second-order valence-electron chi connectivity index (χ2n) is 9.57. The Morgan fingerprint density at radius 3 is 2.35 bits per heavy atom. The average molecular weight is 449 g/mol. The fourth-order valence-electron chi connectivity index (χ4n) is 5.66. The van der Waals surface area contributed by atoms with Gasteiger partial charge in [-0.3, -0.25) is 9.80 Å². The topological polar surface area (TPSA) is 22.2 Å². The molecule has 31 heavy (non-hydrogen) atoms. The highest BCUT2D eigenvalue weighted by atomic mass is 35.5. The number of piperazine rings is 1. The maximum atomic E-state index is 6.40. The van der Waals surface area contributed by atoms with E-state index in [1.165, 1.54) is 63.8 Å². The van der Waals surface area contributed by atoms with Gasteiger partial charge in [0.1, 0.15) is 0 Å². The SMILES string of the molecule is COCCN1CCN(C(CN2CCC(N3CCCCC3)CC2)c2cccc(Cl)c2)CC1. The maximum Gasteiger partial charge on any atom is 0.0589 e. The lowest BCUT2D eigenvalue weighted by Gasteiger charge is -2.44. The van der Waals surface area contributed by atoms with Gasteiger partial charge in [-0.1, -0.05) is 30.2 Å². The van der Waals surface area contributed by atoms with Gasteiger partial charge < -0.3 is 14.5 Å². The molecule has 1 atom stereocenters. The number of ether oxygens (including phenoxy) is 1. The number of hydrogen-bond acceptors (Lipinski definition) is 5. The summed E-state index contributed by atoms with van der Waals surface area (Å²) in [5.74, 6) is 0. The Bertz CT molecular complexity index is 653. The Hall–Kier alpha value is -0.690. The fraction of sp³-hybridized carbons (Fsp3) is 0.760. The molecule has 1 unspecified atom stereocenters. The molecule has 174 valence electrons. The largest absolute Gasteiger partial charge is 0.383 e. The van der Waals surface area contributed by atoms with Crippen molar-refractivity contribution in [1.82, 2.24) is 19.6 Å². The summed E-state index contributed by atoms with van der Waals surface area (Å²) >= 11 is 6.40. The summed E-state index contributed by atoms with van der Waals surface area (Å²) in [6.45, 7) is 12.6. The zero-order chi connectivity index (χ0) is 21.5. The highest BCUT2D eigenvalue weighted by Crippen LogP contribution is 2.28. The normalized spacial score (nSPS) is 24.5. The predicted molar refractivity (Wildman–Crippen MR) is 129 cm³/mol. The van der Waals surface area contributed by atoms with Gasteiger partial charge in [0, 0.05) is 63.5 Å². The average Bonchev–Trinajstić information content (AvgIpc) is 2.82. The van der Waals surface area contributed by atoms with Crippen molar-refractivity contribution in [2.24, 2.45) is 0 Å². The van der Waals surface area contributed by atoms with Gasteiger partial charge in [0.05, 0.1) is 6.61 Å². The van der Waals surface area contributed by atoms with Crippen LogP contribution in [0.1, 0.15) is 43.7 Å². The van der Waals surface area contributed by atoms with Crippen LogP contribution in [-0.4, -0.2) is 105 Å². The van der Waals surface area contributed by atoms with Gasteiger partial charge in [0.2, 0.25) is 0 Å². The lowest BCUT2D eigenvalue weighted by molar-refractivity contribution is 0.0445. The summed E-state index contributed by atoms with van der Waals surface area (Å²) in [6, 6.07) is 9.80. The quantitative estimate of drug-likeness (QED) is 0.604. The van der Waals surface area contributed by atoms with Gasteiger partial charge in [-0.2, -0.15) is 0 Å². The second kappa shape index (κ2) is 12.0. The van der Waals surface area contributed by atoms with Crippen LogP contribution in [0.4, 0.5) is 0 Å². The van der Waals surface area contributed by atoms with E-state index in [2.05, 4.69) is 37.8 Å². The van der Waals surface area contributed by atoms with Gasteiger partial charge in [0.15, 0.2) is 0 Å². The molecule has 0 spiro atoms.